The van der Waals surface area contributed by atoms with Gasteiger partial charge >= 0.3 is 0 Å². The van der Waals surface area contributed by atoms with Gasteiger partial charge in [0.25, 0.3) is 0 Å². The molecule has 0 saturated carbocycles. The molecule has 0 aliphatic rings. The maximum absolute atomic E-state index is 4.14. The van der Waals surface area contributed by atoms with E-state index in [0.717, 1.165) is 13.1 Å². The number of aryl methyl sites for hydroxylation is 2. The number of rotatable bonds is 4. The zero-order valence-corrected chi connectivity index (χ0v) is 10.5. The summed E-state index contributed by atoms with van der Waals surface area (Å²) in [7, 11) is 0. The fourth-order valence-electron chi connectivity index (χ4n) is 1.58. The number of nitrogens with one attached hydrogen (secondary N) is 1. The largest absolute Gasteiger partial charge is 0.308 e. The highest BCUT2D eigenvalue weighted by atomic mass is 32.1. The molecule has 0 atom stereocenters. The summed E-state index contributed by atoms with van der Waals surface area (Å²) in [5.74, 6) is 0. The minimum absolute atomic E-state index is 0.886. The van der Waals surface area contributed by atoms with Crippen LogP contribution in [0, 0.1) is 13.8 Å². The number of pyridine rings is 1. The Hall–Kier alpha value is -1.19. The van der Waals surface area contributed by atoms with Gasteiger partial charge in [-0.3, -0.25) is 4.98 Å². The smallest absolute Gasteiger partial charge is 0.0315 e. The van der Waals surface area contributed by atoms with E-state index in [9.17, 15) is 0 Å². The van der Waals surface area contributed by atoms with Gasteiger partial charge in [-0.1, -0.05) is 0 Å². The summed E-state index contributed by atoms with van der Waals surface area (Å²) in [5, 5.41) is 3.44. The van der Waals surface area contributed by atoms with Crippen LogP contribution in [0.25, 0.3) is 0 Å². The van der Waals surface area contributed by atoms with Gasteiger partial charge in [0.1, 0.15) is 0 Å². The van der Waals surface area contributed by atoms with Gasteiger partial charge < -0.3 is 5.32 Å². The van der Waals surface area contributed by atoms with Crippen LogP contribution in [0.2, 0.25) is 0 Å². The molecule has 0 radical (unpaired) electrons. The second kappa shape index (κ2) is 5.23. The van der Waals surface area contributed by atoms with Crippen LogP contribution in [0.15, 0.2) is 30.6 Å². The highest BCUT2D eigenvalue weighted by Gasteiger charge is 1.99. The van der Waals surface area contributed by atoms with Crippen LogP contribution in [0.4, 0.5) is 0 Å². The van der Waals surface area contributed by atoms with Gasteiger partial charge in [0.15, 0.2) is 0 Å². The molecular weight excluding hydrogens is 216 g/mol. The maximum atomic E-state index is 4.14. The average molecular weight is 232 g/mol. The topological polar surface area (TPSA) is 24.9 Å². The summed E-state index contributed by atoms with van der Waals surface area (Å²) in [6.45, 7) is 6.08. The van der Waals surface area contributed by atoms with Crippen LogP contribution in [0.5, 0.6) is 0 Å². The van der Waals surface area contributed by atoms with Crippen LogP contribution in [-0.4, -0.2) is 4.98 Å². The minimum Gasteiger partial charge on any atom is -0.308 e. The predicted octanol–water partition coefficient (Wildman–Crippen LogP) is 3.05. The molecule has 3 heteroatoms. The monoisotopic (exact) mass is 232 g/mol. The summed E-state index contributed by atoms with van der Waals surface area (Å²) >= 11 is 1.85. The second-order valence-corrected chi connectivity index (χ2v) is 5.29. The van der Waals surface area contributed by atoms with Crippen LogP contribution in [0.1, 0.15) is 20.9 Å². The lowest BCUT2D eigenvalue weighted by Gasteiger charge is -2.05. The zero-order valence-electron chi connectivity index (χ0n) is 9.66. The van der Waals surface area contributed by atoms with Crippen molar-refractivity contribution in [3.05, 3.63) is 51.5 Å². The Balaban J connectivity index is 1.87. The van der Waals surface area contributed by atoms with Gasteiger partial charge in [-0.25, -0.2) is 0 Å². The molecule has 2 rings (SSSR count). The Morgan fingerprint density at radius 2 is 2.06 bits per heavy atom. The van der Waals surface area contributed by atoms with Crippen molar-refractivity contribution in [1.82, 2.24) is 10.3 Å². The third-order valence-electron chi connectivity index (χ3n) is 2.56. The lowest BCUT2D eigenvalue weighted by Crippen LogP contribution is -2.12. The molecular formula is C13H16N2S. The third-order valence-corrected chi connectivity index (χ3v) is 3.56. The SMILES string of the molecule is Cc1ccc(CNCc2cnccc2C)s1. The van der Waals surface area contributed by atoms with Crippen molar-refractivity contribution in [2.45, 2.75) is 26.9 Å². The summed E-state index contributed by atoms with van der Waals surface area (Å²) in [6.07, 6.45) is 3.77. The molecule has 0 amide bonds. The van der Waals surface area contributed by atoms with E-state index in [4.69, 9.17) is 0 Å². The molecule has 2 nitrogen and oxygen atoms in total. The number of thiophene rings is 1. The Morgan fingerprint density at radius 3 is 2.75 bits per heavy atom. The molecule has 0 aromatic carbocycles. The van der Waals surface area contributed by atoms with Gasteiger partial charge in [-0.15, -0.1) is 11.3 Å². The highest BCUT2D eigenvalue weighted by Crippen LogP contribution is 2.14. The second-order valence-electron chi connectivity index (χ2n) is 3.92. The summed E-state index contributed by atoms with van der Waals surface area (Å²) in [6, 6.07) is 6.40. The van der Waals surface area contributed by atoms with Crippen LogP contribution >= 0.6 is 11.3 Å². The number of hydrogen-bond acceptors (Lipinski definition) is 3. The molecule has 0 bridgehead atoms. The lowest BCUT2D eigenvalue weighted by atomic mass is 10.1. The normalized spacial score (nSPS) is 10.6. The summed E-state index contributed by atoms with van der Waals surface area (Å²) in [4.78, 5) is 6.90. The van der Waals surface area contributed by atoms with Crippen molar-refractivity contribution in [1.29, 1.82) is 0 Å². The predicted molar refractivity (Wildman–Crippen MR) is 68.6 cm³/mol. The fraction of sp³-hybridized carbons (Fsp3) is 0.308. The molecule has 0 aliphatic heterocycles. The van der Waals surface area contributed by atoms with E-state index >= 15 is 0 Å². The molecule has 2 aromatic rings. The van der Waals surface area contributed by atoms with Crippen molar-refractivity contribution >= 4 is 11.3 Å². The summed E-state index contributed by atoms with van der Waals surface area (Å²) < 4.78 is 0. The molecule has 2 heterocycles. The first-order valence-electron chi connectivity index (χ1n) is 5.41. The van der Waals surface area contributed by atoms with E-state index in [1.165, 1.54) is 20.9 Å². The first kappa shape index (κ1) is 11.3. The lowest BCUT2D eigenvalue weighted by molar-refractivity contribution is 0.696. The van der Waals surface area contributed by atoms with Crippen molar-refractivity contribution in [3.8, 4) is 0 Å². The number of aromatic nitrogens is 1. The Bertz CT molecular complexity index is 462. The van der Waals surface area contributed by atoms with Crippen molar-refractivity contribution in [2.75, 3.05) is 0 Å². The fourth-order valence-corrected chi connectivity index (χ4v) is 2.44. The molecule has 0 spiro atoms. The van der Waals surface area contributed by atoms with E-state index in [-0.39, 0.29) is 0 Å². The molecule has 2 aromatic heterocycles. The van der Waals surface area contributed by atoms with Crippen LogP contribution < -0.4 is 5.32 Å². The molecule has 0 fully saturated rings. The standard InChI is InChI=1S/C13H16N2S/c1-10-5-6-14-7-12(10)8-15-9-13-4-3-11(2)16-13/h3-7,15H,8-9H2,1-2H3. The summed E-state index contributed by atoms with van der Waals surface area (Å²) in [5.41, 5.74) is 2.57. The number of hydrogen-bond donors (Lipinski definition) is 1. The third kappa shape index (κ3) is 2.90. The number of nitrogens with zero attached hydrogens (tertiary/aromatic N) is 1. The van der Waals surface area contributed by atoms with Gasteiger partial charge in [0.05, 0.1) is 0 Å². The van der Waals surface area contributed by atoms with E-state index < -0.39 is 0 Å². The molecule has 16 heavy (non-hydrogen) atoms. The van der Waals surface area contributed by atoms with E-state index in [1.54, 1.807) is 0 Å². The molecule has 1 N–H and O–H groups in total. The van der Waals surface area contributed by atoms with Gasteiger partial charge in [0, 0.05) is 35.2 Å². The maximum Gasteiger partial charge on any atom is 0.0315 e. The Morgan fingerprint density at radius 1 is 1.19 bits per heavy atom. The van der Waals surface area contributed by atoms with Gasteiger partial charge in [-0.2, -0.15) is 0 Å². The van der Waals surface area contributed by atoms with Gasteiger partial charge in [-0.05, 0) is 43.2 Å². The average Bonchev–Trinajstić information content (AvgIpc) is 2.67. The highest BCUT2D eigenvalue weighted by molar-refractivity contribution is 7.11. The minimum atomic E-state index is 0.886. The van der Waals surface area contributed by atoms with Crippen molar-refractivity contribution in [3.63, 3.8) is 0 Å². The van der Waals surface area contributed by atoms with Crippen molar-refractivity contribution in [2.24, 2.45) is 0 Å². The molecule has 0 saturated heterocycles. The van der Waals surface area contributed by atoms with E-state index in [0.29, 0.717) is 0 Å². The first-order valence-corrected chi connectivity index (χ1v) is 6.23. The molecule has 0 unspecified atom stereocenters. The van der Waals surface area contributed by atoms with E-state index in [1.807, 2.05) is 29.8 Å². The Kier molecular flexibility index (Phi) is 3.70. The van der Waals surface area contributed by atoms with E-state index in [2.05, 4.69) is 36.3 Å². The molecule has 0 aliphatic carbocycles. The van der Waals surface area contributed by atoms with Crippen LogP contribution in [0.3, 0.4) is 0 Å². The molecule has 84 valence electrons. The van der Waals surface area contributed by atoms with Crippen molar-refractivity contribution < 1.29 is 0 Å². The van der Waals surface area contributed by atoms with Crippen LogP contribution in [-0.2, 0) is 13.1 Å². The first-order chi connectivity index (χ1) is 7.75. The Labute approximate surface area is 100 Å². The zero-order chi connectivity index (χ0) is 11.4. The van der Waals surface area contributed by atoms with Gasteiger partial charge in [0.2, 0.25) is 0 Å². The quantitative estimate of drug-likeness (QED) is 0.876.